The van der Waals surface area contributed by atoms with Gasteiger partial charge < -0.3 is 15.0 Å². The van der Waals surface area contributed by atoms with Gasteiger partial charge in [0.15, 0.2) is 0 Å². The van der Waals surface area contributed by atoms with E-state index in [1.165, 1.54) is 25.7 Å². The number of carbonyl (C=O) groups excluding carboxylic acids is 1. The number of nitrogens with one attached hydrogen (secondary N) is 1. The van der Waals surface area contributed by atoms with Crippen LogP contribution >= 0.6 is 0 Å². The number of nitrogens with zero attached hydrogens (tertiary/aromatic N) is 1. The quantitative estimate of drug-likeness (QED) is 0.860. The van der Waals surface area contributed by atoms with Gasteiger partial charge in [0, 0.05) is 19.1 Å². The minimum Gasteiger partial charge on any atom is -0.444 e. The molecule has 0 aromatic carbocycles. The first-order chi connectivity index (χ1) is 9.09. The predicted molar refractivity (Wildman–Crippen MR) is 82.9 cm³/mol. The monoisotopic (exact) mass is 284 g/mol. The Kier molecular flexibility index (Phi) is 5.87. The van der Waals surface area contributed by atoms with Crippen LogP contribution in [0.2, 0.25) is 0 Å². The number of rotatable bonds is 4. The highest BCUT2D eigenvalue weighted by atomic mass is 16.6. The molecule has 0 aromatic heterocycles. The van der Waals surface area contributed by atoms with Crippen LogP contribution in [0.25, 0.3) is 0 Å². The van der Waals surface area contributed by atoms with Crippen LogP contribution in [0.5, 0.6) is 0 Å². The minimum atomic E-state index is -0.426. The Labute approximate surface area is 124 Å². The molecule has 1 N–H and O–H groups in total. The fourth-order valence-corrected chi connectivity index (χ4v) is 2.66. The molecule has 0 heterocycles. The lowest BCUT2D eigenvalue weighted by atomic mass is 9.75. The number of hydrogen-bond acceptors (Lipinski definition) is 3. The van der Waals surface area contributed by atoms with Crippen LogP contribution < -0.4 is 5.32 Å². The van der Waals surface area contributed by atoms with Crippen LogP contribution in [0.3, 0.4) is 0 Å². The maximum Gasteiger partial charge on any atom is 0.407 e. The largest absolute Gasteiger partial charge is 0.444 e. The van der Waals surface area contributed by atoms with Crippen molar-refractivity contribution in [1.82, 2.24) is 10.2 Å². The fraction of sp³-hybridized carbons (Fsp3) is 0.938. The van der Waals surface area contributed by atoms with Crippen molar-refractivity contribution in [2.24, 2.45) is 5.41 Å². The lowest BCUT2D eigenvalue weighted by Gasteiger charge is -2.38. The summed E-state index contributed by atoms with van der Waals surface area (Å²) in [6.07, 6.45) is 4.78. The van der Waals surface area contributed by atoms with Crippen molar-refractivity contribution in [2.75, 3.05) is 20.1 Å². The molecule has 0 spiro atoms. The summed E-state index contributed by atoms with van der Waals surface area (Å²) in [7, 11) is 2.15. The van der Waals surface area contributed by atoms with E-state index in [4.69, 9.17) is 4.74 Å². The first-order valence-electron chi connectivity index (χ1n) is 7.76. The smallest absolute Gasteiger partial charge is 0.407 e. The molecule has 0 aromatic rings. The number of alkyl carbamates (subject to hydrolysis) is 1. The van der Waals surface area contributed by atoms with E-state index in [1.54, 1.807) is 0 Å². The van der Waals surface area contributed by atoms with E-state index in [9.17, 15) is 4.79 Å². The molecule has 0 bridgehead atoms. The summed E-state index contributed by atoms with van der Waals surface area (Å²) >= 11 is 0. The highest BCUT2D eigenvalue weighted by Gasteiger charge is 2.28. The summed E-state index contributed by atoms with van der Waals surface area (Å²) in [4.78, 5) is 13.9. The summed E-state index contributed by atoms with van der Waals surface area (Å²) in [5.41, 5.74) is 0.0804. The topological polar surface area (TPSA) is 41.6 Å². The van der Waals surface area contributed by atoms with Crippen molar-refractivity contribution in [3.8, 4) is 0 Å². The van der Waals surface area contributed by atoms with Crippen LogP contribution in [-0.4, -0.2) is 42.8 Å². The Morgan fingerprint density at radius 3 is 2.35 bits per heavy atom. The molecule has 0 radical (unpaired) electrons. The summed E-state index contributed by atoms with van der Waals surface area (Å²) in [6.45, 7) is 11.9. The van der Waals surface area contributed by atoms with Gasteiger partial charge in [-0.05, 0) is 58.9 Å². The first-order valence-corrected chi connectivity index (χ1v) is 7.76. The van der Waals surface area contributed by atoms with Gasteiger partial charge in [0.25, 0.3) is 0 Å². The van der Waals surface area contributed by atoms with Gasteiger partial charge in [0.1, 0.15) is 5.60 Å². The van der Waals surface area contributed by atoms with E-state index in [2.05, 4.69) is 31.1 Å². The zero-order chi connectivity index (χ0) is 15.4. The van der Waals surface area contributed by atoms with Crippen molar-refractivity contribution in [2.45, 2.75) is 71.9 Å². The molecule has 1 fully saturated rings. The Morgan fingerprint density at radius 2 is 1.85 bits per heavy atom. The average molecular weight is 284 g/mol. The molecule has 1 amide bonds. The summed E-state index contributed by atoms with van der Waals surface area (Å²) in [5, 5.41) is 2.82. The molecule has 4 heteroatoms. The van der Waals surface area contributed by atoms with Crippen molar-refractivity contribution in [3.63, 3.8) is 0 Å². The van der Waals surface area contributed by atoms with Gasteiger partial charge >= 0.3 is 6.09 Å². The molecule has 1 saturated carbocycles. The third kappa shape index (κ3) is 6.60. The van der Waals surface area contributed by atoms with E-state index in [-0.39, 0.29) is 6.09 Å². The predicted octanol–water partition coefficient (Wildman–Crippen LogP) is 3.41. The van der Waals surface area contributed by atoms with Gasteiger partial charge in [-0.15, -0.1) is 0 Å². The molecule has 1 aliphatic carbocycles. The lowest BCUT2D eigenvalue weighted by molar-refractivity contribution is 0.0516. The van der Waals surface area contributed by atoms with Crippen LogP contribution in [0.4, 0.5) is 4.79 Å². The van der Waals surface area contributed by atoms with Crippen molar-refractivity contribution in [3.05, 3.63) is 0 Å². The molecule has 1 rings (SSSR count). The number of amides is 1. The molecule has 0 aliphatic heterocycles. The second kappa shape index (κ2) is 6.79. The maximum absolute atomic E-state index is 11.5. The summed E-state index contributed by atoms with van der Waals surface area (Å²) in [6, 6.07) is 0.656. The maximum atomic E-state index is 11.5. The molecule has 20 heavy (non-hydrogen) atoms. The fourth-order valence-electron chi connectivity index (χ4n) is 2.66. The molecule has 4 nitrogen and oxygen atoms in total. The van der Waals surface area contributed by atoms with Crippen LogP contribution in [0, 0.1) is 5.41 Å². The summed E-state index contributed by atoms with van der Waals surface area (Å²) < 4.78 is 5.22. The Bertz CT molecular complexity index is 311. The second-order valence-electron chi connectivity index (χ2n) is 7.80. The highest BCUT2D eigenvalue weighted by molar-refractivity contribution is 5.67. The molecular formula is C16H32N2O2. The molecular weight excluding hydrogens is 252 g/mol. The van der Waals surface area contributed by atoms with Crippen molar-refractivity contribution < 1.29 is 9.53 Å². The van der Waals surface area contributed by atoms with Gasteiger partial charge in [-0.25, -0.2) is 4.79 Å². The minimum absolute atomic E-state index is 0.323. The van der Waals surface area contributed by atoms with Gasteiger partial charge in [-0.1, -0.05) is 13.8 Å². The molecule has 118 valence electrons. The van der Waals surface area contributed by atoms with Gasteiger partial charge in [-0.3, -0.25) is 0 Å². The Balaban J connectivity index is 2.21. The molecule has 1 aliphatic rings. The van der Waals surface area contributed by atoms with Crippen molar-refractivity contribution >= 4 is 6.09 Å². The molecule has 0 unspecified atom stereocenters. The van der Waals surface area contributed by atoms with E-state index >= 15 is 0 Å². The third-order valence-electron chi connectivity index (χ3n) is 4.06. The van der Waals surface area contributed by atoms with E-state index < -0.39 is 5.60 Å². The van der Waals surface area contributed by atoms with Crippen LogP contribution in [0.15, 0.2) is 0 Å². The zero-order valence-electron chi connectivity index (χ0n) is 14.1. The number of carbonyl (C=O) groups is 1. The van der Waals surface area contributed by atoms with Crippen LogP contribution in [0.1, 0.15) is 60.3 Å². The Morgan fingerprint density at radius 1 is 1.30 bits per heavy atom. The lowest BCUT2D eigenvalue weighted by Crippen LogP contribution is -2.42. The van der Waals surface area contributed by atoms with Gasteiger partial charge in [0.2, 0.25) is 0 Å². The van der Waals surface area contributed by atoms with E-state index in [1.807, 2.05) is 20.8 Å². The number of ether oxygens (including phenoxy) is 1. The SMILES string of the molecule is CN(CCNC(=O)OC(C)(C)C)C1CCC(C)(C)CC1. The standard InChI is InChI=1S/C16H32N2O2/c1-15(2,3)20-14(19)17-11-12-18(6)13-7-9-16(4,5)10-8-13/h13H,7-12H2,1-6H3,(H,17,19). The number of likely N-dealkylation sites (N-methyl/N-ethyl adjacent to an activating group) is 1. The van der Waals surface area contributed by atoms with Gasteiger partial charge in [-0.2, -0.15) is 0 Å². The average Bonchev–Trinajstić information content (AvgIpc) is 2.26. The van der Waals surface area contributed by atoms with E-state index in [0.717, 1.165) is 6.54 Å². The number of hydrogen-bond donors (Lipinski definition) is 1. The Hall–Kier alpha value is -0.770. The van der Waals surface area contributed by atoms with Gasteiger partial charge in [0.05, 0.1) is 0 Å². The first kappa shape index (κ1) is 17.3. The molecule has 0 atom stereocenters. The highest BCUT2D eigenvalue weighted by Crippen LogP contribution is 2.36. The third-order valence-corrected chi connectivity index (χ3v) is 4.06. The van der Waals surface area contributed by atoms with E-state index in [0.29, 0.717) is 18.0 Å². The zero-order valence-corrected chi connectivity index (χ0v) is 14.1. The summed E-state index contributed by atoms with van der Waals surface area (Å²) in [5.74, 6) is 0. The second-order valence-corrected chi connectivity index (χ2v) is 7.80. The van der Waals surface area contributed by atoms with Crippen LogP contribution in [-0.2, 0) is 4.74 Å². The molecule has 0 saturated heterocycles. The normalized spacial score (nSPS) is 19.9. The van der Waals surface area contributed by atoms with Crippen molar-refractivity contribution in [1.29, 1.82) is 0 Å².